The molecule has 0 bridgehead atoms. The van der Waals surface area contributed by atoms with Crippen molar-refractivity contribution in [2.45, 2.75) is 6.54 Å². The van der Waals surface area contributed by atoms with Crippen molar-refractivity contribution < 1.29 is 13.2 Å². The number of nitrogens with zero attached hydrogens (tertiary/aromatic N) is 4. The van der Waals surface area contributed by atoms with Crippen molar-refractivity contribution in [3.63, 3.8) is 0 Å². The summed E-state index contributed by atoms with van der Waals surface area (Å²) in [5.41, 5.74) is 1.39. The molecule has 0 N–H and O–H groups in total. The van der Waals surface area contributed by atoms with Crippen LogP contribution in [0.15, 0.2) is 59.7 Å². The lowest BCUT2D eigenvalue weighted by Gasteiger charge is -2.05. The Morgan fingerprint density at radius 2 is 1.69 bits per heavy atom. The van der Waals surface area contributed by atoms with Crippen LogP contribution in [0.3, 0.4) is 0 Å². The molecule has 4 rings (SSSR count). The van der Waals surface area contributed by atoms with Gasteiger partial charge in [0.05, 0.1) is 12.2 Å². The van der Waals surface area contributed by atoms with E-state index in [0.717, 1.165) is 16.8 Å². The number of fused-ring (bicyclic) bond motifs is 1. The van der Waals surface area contributed by atoms with E-state index in [1.165, 1.54) is 29.0 Å². The molecule has 0 radical (unpaired) electrons. The Hall–Kier alpha value is -3.42. The molecule has 0 aliphatic carbocycles. The molecule has 5 nitrogen and oxygen atoms in total. The minimum atomic E-state index is -0.987. The Kier molecular flexibility index (Phi) is 3.80. The van der Waals surface area contributed by atoms with Gasteiger partial charge in [-0.25, -0.2) is 22.4 Å². The molecule has 0 aliphatic rings. The van der Waals surface area contributed by atoms with Gasteiger partial charge in [-0.1, -0.05) is 6.07 Å². The molecule has 26 heavy (non-hydrogen) atoms. The zero-order chi connectivity index (χ0) is 18.3. The maximum atomic E-state index is 13.3. The van der Waals surface area contributed by atoms with Crippen molar-refractivity contribution in [3.8, 4) is 11.3 Å². The zero-order valence-electron chi connectivity index (χ0n) is 13.2. The molecule has 8 heteroatoms. The fourth-order valence-corrected chi connectivity index (χ4v) is 2.62. The molecule has 0 saturated carbocycles. The Morgan fingerprint density at radius 3 is 2.42 bits per heavy atom. The largest absolute Gasteiger partial charge is 0.293 e. The van der Waals surface area contributed by atoms with E-state index in [9.17, 15) is 18.0 Å². The zero-order valence-corrected chi connectivity index (χ0v) is 13.2. The number of rotatable bonds is 3. The summed E-state index contributed by atoms with van der Waals surface area (Å²) >= 11 is 0. The predicted molar refractivity (Wildman–Crippen MR) is 88.1 cm³/mol. The average Bonchev–Trinajstić information content (AvgIpc) is 3.06. The SMILES string of the molecule is O=c1c2cc(-c3ccc(F)cc3)nn2cnn1Cc1ccc(F)c(F)c1. The van der Waals surface area contributed by atoms with Crippen LogP contribution in [0.1, 0.15) is 5.56 Å². The lowest BCUT2D eigenvalue weighted by Crippen LogP contribution is -2.25. The van der Waals surface area contributed by atoms with Gasteiger partial charge in [-0.3, -0.25) is 4.79 Å². The van der Waals surface area contributed by atoms with Gasteiger partial charge in [-0.05, 0) is 48.0 Å². The highest BCUT2D eigenvalue weighted by atomic mass is 19.2. The summed E-state index contributed by atoms with van der Waals surface area (Å²) in [6, 6.07) is 10.7. The van der Waals surface area contributed by atoms with Crippen LogP contribution in [0, 0.1) is 17.5 Å². The first kappa shape index (κ1) is 16.1. The fraction of sp³-hybridized carbons (Fsp3) is 0.0556. The second kappa shape index (κ2) is 6.14. The van der Waals surface area contributed by atoms with E-state index >= 15 is 0 Å². The molecular weight excluding hydrogens is 345 g/mol. The summed E-state index contributed by atoms with van der Waals surface area (Å²) in [5, 5.41) is 8.26. The molecular formula is C18H11F3N4O. The first-order valence-corrected chi connectivity index (χ1v) is 7.66. The molecule has 0 atom stereocenters. The Bertz CT molecular complexity index is 1170. The second-order valence-corrected chi connectivity index (χ2v) is 5.71. The first-order valence-electron chi connectivity index (χ1n) is 7.66. The van der Waals surface area contributed by atoms with Crippen molar-refractivity contribution in [2.75, 3.05) is 0 Å². The summed E-state index contributed by atoms with van der Waals surface area (Å²) in [6.45, 7) is -0.0103. The van der Waals surface area contributed by atoms with Gasteiger partial charge < -0.3 is 0 Å². The molecule has 0 unspecified atom stereocenters. The summed E-state index contributed by atoms with van der Waals surface area (Å²) in [6.07, 6.45) is 1.35. The summed E-state index contributed by atoms with van der Waals surface area (Å²) < 4.78 is 41.9. The van der Waals surface area contributed by atoms with Crippen LogP contribution in [-0.2, 0) is 6.54 Å². The third-order valence-corrected chi connectivity index (χ3v) is 3.95. The number of benzene rings is 2. The Balaban J connectivity index is 1.73. The molecule has 130 valence electrons. The first-order chi connectivity index (χ1) is 12.5. The van der Waals surface area contributed by atoms with E-state index in [2.05, 4.69) is 10.2 Å². The van der Waals surface area contributed by atoms with Crippen LogP contribution in [0.25, 0.3) is 16.8 Å². The quantitative estimate of drug-likeness (QED) is 0.567. The molecule has 2 aromatic heterocycles. The van der Waals surface area contributed by atoms with Crippen molar-refractivity contribution in [2.24, 2.45) is 0 Å². The van der Waals surface area contributed by atoms with Crippen molar-refractivity contribution in [1.82, 2.24) is 19.4 Å². The van der Waals surface area contributed by atoms with Crippen molar-refractivity contribution >= 4 is 5.52 Å². The molecule has 4 aromatic rings. The molecule has 0 saturated heterocycles. The fourth-order valence-electron chi connectivity index (χ4n) is 2.62. The van der Waals surface area contributed by atoms with E-state index in [1.807, 2.05) is 0 Å². The molecule has 0 spiro atoms. The third kappa shape index (κ3) is 2.85. The van der Waals surface area contributed by atoms with Gasteiger partial charge in [0.1, 0.15) is 17.7 Å². The highest BCUT2D eigenvalue weighted by Gasteiger charge is 2.11. The lowest BCUT2D eigenvalue weighted by molar-refractivity contribution is 0.505. The van der Waals surface area contributed by atoms with Crippen LogP contribution < -0.4 is 5.56 Å². The number of aromatic nitrogens is 4. The van der Waals surface area contributed by atoms with Gasteiger partial charge in [-0.15, -0.1) is 0 Å². The van der Waals surface area contributed by atoms with E-state index in [4.69, 9.17) is 0 Å². The van der Waals surface area contributed by atoms with Crippen LogP contribution >= 0.6 is 0 Å². The van der Waals surface area contributed by atoms with Crippen molar-refractivity contribution in [1.29, 1.82) is 0 Å². The van der Waals surface area contributed by atoms with Gasteiger partial charge in [0.25, 0.3) is 5.56 Å². The minimum absolute atomic E-state index is 0.0103. The summed E-state index contributed by atoms with van der Waals surface area (Å²) in [7, 11) is 0. The maximum absolute atomic E-state index is 13.3. The normalized spacial score (nSPS) is 11.2. The predicted octanol–water partition coefficient (Wildman–Crippen LogP) is 3.02. The number of hydrogen-bond acceptors (Lipinski definition) is 3. The highest BCUT2D eigenvalue weighted by Crippen LogP contribution is 2.18. The summed E-state index contributed by atoms with van der Waals surface area (Å²) in [5.74, 6) is -2.31. The van der Waals surface area contributed by atoms with Gasteiger partial charge in [0.2, 0.25) is 0 Å². The van der Waals surface area contributed by atoms with Gasteiger partial charge >= 0.3 is 0 Å². The Morgan fingerprint density at radius 1 is 0.923 bits per heavy atom. The van der Waals surface area contributed by atoms with Crippen LogP contribution in [-0.4, -0.2) is 19.4 Å². The molecule has 2 heterocycles. The van der Waals surface area contributed by atoms with Crippen LogP contribution in [0.2, 0.25) is 0 Å². The summed E-state index contributed by atoms with van der Waals surface area (Å²) in [4.78, 5) is 12.6. The topological polar surface area (TPSA) is 52.2 Å². The maximum Gasteiger partial charge on any atom is 0.293 e. The number of halogens is 3. The molecule has 0 amide bonds. The van der Waals surface area contributed by atoms with Crippen LogP contribution in [0.5, 0.6) is 0 Å². The Labute approximate surface area is 144 Å². The second-order valence-electron chi connectivity index (χ2n) is 5.71. The number of hydrogen-bond donors (Lipinski definition) is 0. The van der Waals surface area contributed by atoms with E-state index in [1.54, 1.807) is 18.2 Å². The van der Waals surface area contributed by atoms with Gasteiger partial charge in [-0.2, -0.15) is 10.2 Å². The van der Waals surface area contributed by atoms with Gasteiger partial charge in [0, 0.05) is 5.56 Å². The monoisotopic (exact) mass is 356 g/mol. The van der Waals surface area contributed by atoms with E-state index in [-0.39, 0.29) is 17.9 Å². The molecule has 2 aromatic carbocycles. The average molecular weight is 356 g/mol. The third-order valence-electron chi connectivity index (χ3n) is 3.95. The smallest absolute Gasteiger partial charge is 0.265 e. The van der Waals surface area contributed by atoms with Crippen molar-refractivity contribution in [3.05, 3.63) is 88.2 Å². The molecule has 0 aliphatic heterocycles. The van der Waals surface area contributed by atoms with Crippen LogP contribution in [0.4, 0.5) is 13.2 Å². The molecule has 0 fully saturated rings. The highest BCUT2D eigenvalue weighted by molar-refractivity contribution is 5.65. The minimum Gasteiger partial charge on any atom is -0.265 e. The standard InChI is InChI=1S/C18H11F3N4O/c19-13-4-2-12(3-5-13)16-8-17-18(26)24(22-10-25(17)23-16)9-11-1-6-14(20)15(21)7-11/h1-8,10H,9H2. The lowest BCUT2D eigenvalue weighted by atomic mass is 10.1. The van der Waals surface area contributed by atoms with E-state index in [0.29, 0.717) is 16.8 Å². The van der Waals surface area contributed by atoms with E-state index < -0.39 is 17.2 Å². The van der Waals surface area contributed by atoms with Gasteiger partial charge in [0.15, 0.2) is 11.6 Å².